The van der Waals surface area contributed by atoms with Gasteiger partial charge in [-0.1, -0.05) is 32.4 Å². The van der Waals surface area contributed by atoms with E-state index in [2.05, 4.69) is 5.32 Å². The number of esters is 1. The van der Waals surface area contributed by atoms with Crippen molar-refractivity contribution in [3.05, 3.63) is 39.9 Å². The molecule has 1 aromatic rings. The topological polar surface area (TPSA) is 145 Å². The Morgan fingerprint density at radius 1 is 1.41 bits per heavy atom. The van der Waals surface area contributed by atoms with E-state index in [4.69, 9.17) is 10.5 Å². The van der Waals surface area contributed by atoms with Crippen LogP contribution in [0.5, 0.6) is 0 Å². The Morgan fingerprint density at radius 3 is 2.63 bits per heavy atom. The summed E-state index contributed by atoms with van der Waals surface area (Å²) in [5, 5.41) is 23.6. The van der Waals surface area contributed by atoms with Crippen LogP contribution in [0.25, 0.3) is 0 Å². The van der Waals surface area contributed by atoms with Crippen LogP contribution in [0.4, 0.5) is 5.69 Å². The van der Waals surface area contributed by atoms with E-state index in [9.17, 15) is 24.8 Å². The number of nitrogens with zero attached hydrogens (tertiary/aromatic N) is 1. The van der Waals surface area contributed by atoms with E-state index in [1.54, 1.807) is 6.07 Å². The number of hydrogen-bond acceptors (Lipinski definition) is 7. The van der Waals surface area contributed by atoms with Crippen LogP contribution in [0.1, 0.15) is 32.3 Å². The number of ether oxygens (including phenoxy) is 1. The lowest BCUT2D eigenvalue weighted by Gasteiger charge is -2.24. The maximum absolute atomic E-state index is 12.2. The highest BCUT2D eigenvalue weighted by atomic mass is 16.6. The number of aliphatic hydroxyl groups is 1. The van der Waals surface area contributed by atoms with E-state index in [0.717, 1.165) is 0 Å². The molecular formula is C18H27N3O6. The van der Waals surface area contributed by atoms with Crippen molar-refractivity contribution in [3.8, 4) is 0 Å². The molecule has 0 spiro atoms. The third-order valence-corrected chi connectivity index (χ3v) is 4.47. The summed E-state index contributed by atoms with van der Waals surface area (Å²) in [6.45, 7) is 3.70. The first-order valence-corrected chi connectivity index (χ1v) is 8.73. The molecule has 0 radical (unpaired) electrons. The molecule has 9 heteroatoms. The second-order valence-corrected chi connectivity index (χ2v) is 6.52. The maximum atomic E-state index is 12.2. The fourth-order valence-electron chi connectivity index (χ4n) is 2.58. The zero-order chi connectivity index (χ0) is 20.6. The van der Waals surface area contributed by atoms with Gasteiger partial charge in [0.05, 0.1) is 24.6 Å². The molecule has 0 aliphatic heterocycles. The first-order chi connectivity index (χ1) is 12.7. The van der Waals surface area contributed by atoms with Gasteiger partial charge in [0.25, 0.3) is 5.69 Å². The lowest BCUT2D eigenvalue weighted by atomic mass is 9.97. The van der Waals surface area contributed by atoms with Gasteiger partial charge in [-0.25, -0.2) is 4.79 Å². The van der Waals surface area contributed by atoms with Crippen LogP contribution >= 0.6 is 0 Å². The molecule has 1 unspecified atom stereocenters. The number of nitro benzene ring substituents is 1. The van der Waals surface area contributed by atoms with Crippen molar-refractivity contribution in [2.24, 2.45) is 11.7 Å². The van der Waals surface area contributed by atoms with Crippen molar-refractivity contribution >= 4 is 17.6 Å². The van der Waals surface area contributed by atoms with E-state index in [0.29, 0.717) is 12.0 Å². The van der Waals surface area contributed by atoms with E-state index < -0.39 is 35.0 Å². The van der Waals surface area contributed by atoms with Gasteiger partial charge in [-0.05, 0) is 17.9 Å². The number of carbonyl (C=O) groups is 2. The number of rotatable bonds is 10. The highest BCUT2D eigenvalue weighted by Crippen LogP contribution is 2.16. The number of nitrogens with one attached hydrogen (secondary N) is 1. The molecule has 27 heavy (non-hydrogen) atoms. The van der Waals surface area contributed by atoms with Crippen molar-refractivity contribution in [1.82, 2.24) is 5.32 Å². The smallest absolute Gasteiger partial charge is 0.328 e. The SMILES string of the molecule is CC[C@H](C)[C@H](NC(=O)CC(O)[C@@H](N)Cc1cccc([N+](=O)[O-])c1)C(=O)OC. The van der Waals surface area contributed by atoms with Gasteiger partial charge in [-0.2, -0.15) is 0 Å². The first-order valence-electron chi connectivity index (χ1n) is 8.73. The molecule has 0 aromatic heterocycles. The van der Waals surface area contributed by atoms with Crippen molar-refractivity contribution in [1.29, 1.82) is 0 Å². The zero-order valence-electron chi connectivity index (χ0n) is 15.8. The zero-order valence-corrected chi connectivity index (χ0v) is 15.8. The second kappa shape index (κ2) is 10.6. The number of benzene rings is 1. The van der Waals surface area contributed by atoms with E-state index in [1.165, 1.54) is 25.3 Å². The van der Waals surface area contributed by atoms with Crippen LogP contribution < -0.4 is 11.1 Å². The molecule has 1 rings (SSSR count). The van der Waals surface area contributed by atoms with Crippen molar-refractivity contribution < 1.29 is 24.4 Å². The Hall–Kier alpha value is -2.52. The van der Waals surface area contributed by atoms with Crippen LogP contribution in [0.3, 0.4) is 0 Å². The number of nitrogens with two attached hydrogens (primary N) is 1. The summed E-state index contributed by atoms with van der Waals surface area (Å²) in [5.41, 5.74) is 6.45. The third-order valence-electron chi connectivity index (χ3n) is 4.47. The van der Waals surface area contributed by atoms with Gasteiger partial charge in [-0.3, -0.25) is 14.9 Å². The molecule has 150 valence electrons. The molecule has 4 atom stereocenters. The molecule has 0 saturated heterocycles. The summed E-state index contributed by atoms with van der Waals surface area (Å²) in [4.78, 5) is 34.3. The molecule has 0 bridgehead atoms. The minimum absolute atomic E-state index is 0.0681. The normalized spacial score (nSPS) is 15.3. The van der Waals surface area contributed by atoms with Crippen molar-refractivity contribution in [2.45, 2.75) is 51.3 Å². The summed E-state index contributed by atoms with van der Waals surface area (Å²) in [7, 11) is 1.24. The van der Waals surface area contributed by atoms with Gasteiger partial charge < -0.3 is 20.9 Å². The number of hydrogen-bond donors (Lipinski definition) is 3. The van der Waals surface area contributed by atoms with Gasteiger partial charge in [0.2, 0.25) is 5.91 Å². The Balaban J connectivity index is 2.66. The van der Waals surface area contributed by atoms with Gasteiger partial charge in [0, 0.05) is 18.2 Å². The van der Waals surface area contributed by atoms with Gasteiger partial charge >= 0.3 is 5.97 Å². The quantitative estimate of drug-likeness (QED) is 0.310. The number of nitro groups is 1. The molecule has 9 nitrogen and oxygen atoms in total. The molecule has 1 amide bonds. The third kappa shape index (κ3) is 6.95. The molecule has 0 heterocycles. The summed E-state index contributed by atoms with van der Waals surface area (Å²) in [6.07, 6.45) is -0.629. The highest BCUT2D eigenvalue weighted by molar-refractivity contribution is 5.84. The van der Waals surface area contributed by atoms with Crippen LogP contribution in [0, 0.1) is 16.0 Å². The number of amides is 1. The molecule has 0 saturated carbocycles. The molecule has 0 aliphatic rings. The van der Waals surface area contributed by atoms with Crippen LogP contribution in [-0.4, -0.2) is 47.2 Å². The fourth-order valence-corrected chi connectivity index (χ4v) is 2.58. The Morgan fingerprint density at radius 2 is 2.07 bits per heavy atom. The summed E-state index contributed by atoms with van der Waals surface area (Å²) >= 11 is 0. The average molecular weight is 381 g/mol. The van der Waals surface area contributed by atoms with Crippen LogP contribution in [0.2, 0.25) is 0 Å². The first kappa shape index (κ1) is 22.5. The maximum Gasteiger partial charge on any atom is 0.328 e. The van der Waals surface area contributed by atoms with E-state index in [-0.39, 0.29) is 24.4 Å². The monoisotopic (exact) mass is 381 g/mol. The van der Waals surface area contributed by atoms with Crippen molar-refractivity contribution in [2.75, 3.05) is 7.11 Å². The Bertz CT molecular complexity index is 666. The fraction of sp³-hybridized carbons (Fsp3) is 0.556. The highest BCUT2D eigenvalue weighted by Gasteiger charge is 2.28. The second-order valence-electron chi connectivity index (χ2n) is 6.52. The number of methoxy groups -OCH3 is 1. The predicted octanol–water partition coefficient (Wildman–Crippen LogP) is 0.920. The Labute approximate surface area is 158 Å². The van der Waals surface area contributed by atoms with Crippen molar-refractivity contribution in [3.63, 3.8) is 0 Å². The molecule has 1 aromatic carbocycles. The summed E-state index contributed by atoms with van der Waals surface area (Å²) in [5.74, 6) is -1.20. The molecular weight excluding hydrogens is 354 g/mol. The minimum Gasteiger partial charge on any atom is -0.467 e. The average Bonchev–Trinajstić information content (AvgIpc) is 2.64. The van der Waals surface area contributed by atoms with E-state index in [1.807, 2.05) is 13.8 Å². The van der Waals surface area contributed by atoms with Crippen LogP contribution in [0.15, 0.2) is 24.3 Å². The van der Waals surface area contributed by atoms with Gasteiger partial charge in [-0.15, -0.1) is 0 Å². The molecule has 4 N–H and O–H groups in total. The minimum atomic E-state index is -1.17. The summed E-state index contributed by atoms with van der Waals surface area (Å²) in [6, 6.07) is 4.34. The molecule has 0 fully saturated rings. The van der Waals surface area contributed by atoms with Crippen LogP contribution in [-0.2, 0) is 20.7 Å². The van der Waals surface area contributed by atoms with Gasteiger partial charge in [0.1, 0.15) is 6.04 Å². The number of carbonyl (C=O) groups excluding carboxylic acids is 2. The van der Waals surface area contributed by atoms with E-state index >= 15 is 0 Å². The summed E-state index contributed by atoms with van der Waals surface area (Å²) < 4.78 is 4.70. The number of non-ortho nitro benzene ring substituents is 1. The predicted molar refractivity (Wildman–Crippen MR) is 98.8 cm³/mol. The molecule has 0 aliphatic carbocycles. The lowest BCUT2D eigenvalue weighted by Crippen LogP contribution is -2.48. The number of aliphatic hydroxyl groups excluding tert-OH is 1. The van der Waals surface area contributed by atoms with Gasteiger partial charge in [0.15, 0.2) is 0 Å². The standard InChI is InChI=1S/C18H27N3O6/c1-4-11(2)17(18(24)27-3)20-16(23)10-15(22)14(19)9-12-6-5-7-13(8-12)21(25)26/h5-8,11,14-15,17,22H,4,9-10,19H2,1-3H3,(H,20,23)/t11-,14-,15?,17-/m0/s1. The largest absolute Gasteiger partial charge is 0.467 e. The lowest BCUT2D eigenvalue weighted by molar-refractivity contribution is -0.384. The Kier molecular flexibility index (Phi) is 8.83.